The maximum Gasteiger partial charge on any atom is 0.469 e. The van der Waals surface area contributed by atoms with Gasteiger partial charge in [-0.25, -0.2) is 4.57 Å². The van der Waals surface area contributed by atoms with E-state index in [4.69, 9.17) is 22.0 Å². The summed E-state index contributed by atoms with van der Waals surface area (Å²) in [5.41, 5.74) is 4.97. The molecule has 0 fully saturated rings. The van der Waals surface area contributed by atoms with E-state index in [9.17, 15) is 9.36 Å². The fraction of sp³-hybridized carbons (Fsp3) is 0.750. The summed E-state index contributed by atoms with van der Waals surface area (Å²) in [6.45, 7) is -0.724. The lowest BCUT2D eigenvalue weighted by atomic mass is 10.2. The van der Waals surface area contributed by atoms with Gasteiger partial charge >= 0.3 is 13.8 Å². The van der Waals surface area contributed by atoms with Crippen molar-refractivity contribution in [2.45, 2.75) is 12.4 Å². The lowest BCUT2D eigenvalue weighted by molar-refractivity contribution is -0.138. The number of carboxylic acids is 1. The molecule has 0 radical (unpaired) electrons. The molecule has 0 saturated carbocycles. The van der Waals surface area contributed by atoms with Crippen molar-refractivity contribution in [1.29, 1.82) is 0 Å². The van der Waals surface area contributed by atoms with Gasteiger partial charge in [0.2, 0.25) is 0 Å². The number of aliphatic carboxylic acids is 1. The van der Waals surface area contributed by atoms with E-state index in [0.717, 1.165) is 0 Å². The average molecular weight is 200 g/mol. The van der Waals surface area contributed by atoms with Crippen molar-refractivity contribution in [1.82, 2.24) is 0 Å². The SMILES string of the molecule is [2H][C@H](COP(=O)(O)O)[C@H](N)C(=O)O. The Morgan fingerprint density at radius 1 is 1.75 bits per heavy atom. The zero-order valence-electron chi connectivity index (χ0n) is 6.95. The zero-order valence-corrected chi connectivity index (χ0v) is 6.85. The molecule has 0 aromatic carbocycles. The van der Waals surface area contributed by atoms with Crippen molar-refractivity contribution in [2.75, 3.05) is 6.61 Å². The van der Waals surface area contributed by atoms with Crippen molar-refractivity contribution in [3.05, 3.63) is 0 Å². The number of phosphoric ester groups is 1. The van der Waals surface area contributed by atoms with Crippen molar-refractivity contribution < 1.29 is 30.1 Å². The maximum absolute atomic E-state index is 10.2. The van der Waals surface area contributed by atoms with Crippen LogP contribution in [0.25, 0.3) is 0 Å². The molecule has 0 aliphatic heterocycles. The predicted octanol–water partition coefficient (Wildman–Crippen LogP) is -1.10. The minimum atomic E-state index is -4.66. The fourth-order valence-electron chi connectivity index (χ4n) is 0.345. The second kappa shape index (κ2) is 4.54. The van der Waals surface area contributed by atoms with Gasteiger partial charge in [0, 0.05) is 1.37 Å². The summed E-state index contributed by atoms with van der Waals surface area (Å²) in [7, 11) is -4.66. The third kappa shape index (κ3) is 6.26. The zero-order chi connectivity index (χ0) is 10.6. The van der Waals surface area contributed by atoms with Crippen LogP contribution in [0.5, 0.6) is 0 Å². The first kappa shape index (κ1) is 9.63. The van der Waals surface area contributed by atoms with E-state index in [0.29, 0.717) is 0 Å². The molecule has 0 aromatic heterocycles. The first-order chi connectivity index (χ1) is 5.74. The molecule has 7 nitrogen and oxygen atoms in total. The Bertz CT molecular complexity index is 229. The van der Waals surface area contributed by atoms with E-state index in [2.05, 4.69) is 4.52 Å². The van der Waals surface area contributed by atoms with Gasteiger partial charge in [-0.05, 0) is 6.40 Å². The van der Waals surface area contributed by atoms with Crippen LogP contribution in [-0.2, 0) is 13.9 Å². The molecule has 12 heavy (non-hydrogen) atoms. The standard InChI is InChI=1S/C4H10NO6P/c5-3(4(6)7)1-2-11-12(8,9)10/h3H,1-2,5H2,(H,6,7)(H2,8,9,10)/t3-/m0/s1/i1D/t1-,3+/m1. The molecular formula is C4H10NO6P. The normalized spacial score (nSPS) is 18.1. The van der Waals surface area contributed by atoms with Crippen LogP contribution in [0.2, 0.25) is 0 Å². The first-order valence-electron chi connectivity index (χ1n) is 3.42. The van der Waals surface area contributed by atoms with Crippen LogP contribution in [0.15, 0.2) is 0 Å². The highest BCUT2D eigenvalue weighted by Crippen LogP contribution is 2.35. The molecular weight excluding hydrogens is 189 g/mol. The summed E-state index contributed by atoms with van der Waals surface area (Å²) >= 11 is 0. The Kier molecular flexibility index (Phi) is 3.64. The maximum atomic E-state index is 10.2. The second-order valence-corrected chi connectivity index (χ2v) is 3.13. The molecule has 0 rings (SSSR count). The smallest absolute Gasteiger partial charge is 0.469 e. The van der Waals surface area contributed by atoms with Crippen LogP contribution in [0.4, 0.5) is 0 Å². The van der Waals surface area contributed by atoms with E-state index >= 15 is 0 Å². The minimum Gasteiger partial charge on any atom is -0.480 e. The summed E-state index contributed by atoms with van der Waals surface area (Å²) in [4.78, 5) is 26.6. The van der Waals surface area contributed by atoms with E-state index in [1.165, 1.54) is 0 Å². The molecule has 0 aliphatic carbocycles. The molecule has 72 valence electrons. The van der Waals surface area contributed by atoms with Gasteiger partial charge < -0.3 is 20.6 Å². The molecule has 8 heteroatoms. The van der Waals surface area contributed by atoms with Crippen molar-refractivity contribution in [3.8, 4) is 0 Å². The summed E-state index contributed by atoms with van der Waals surface area (Å²) < 4.78 is 21.0. The number of phosphoric acid groups is 1. The summed E-state index contributed by atoms with van der Waals surface area (Å²) in [5, 5.41) is 8.29. The van der Waals surface area contributed by atoms with Crippen molar-refractivity contribution in [3.63, 3.8) is 0 Å². The quantitative estimate of drug-likeness (QED) is 0.414. The molecule has 0 aliphatic rings. The Balaban J connectivity index is 3.95. The van der Waals surface area contributed by atoms with Crippen molar-refractivity contribution in [2.24, 2.45) is 5.73 Å². The van der Waals surface area contributed by atoms with Gasteiger partial charge in [0.1, 0.15) is 6.04 Å². The van der Waals surface area contributed by atoms with Gasteiger partial charge in [0.15, 0.2) is 0 Å². The van der Waals surface area contributed by atoms with E-state index in [1.54, 1.807) is 0 Å². The number of rotatable bonds is 5. The summed E-state index contributed by atoms with van der Waals surface area (Å²) in [6, 6.07) is -1.52. The molecule has 0 amide bonds. The highest BCUT2D eigenvalue weighted by Gasteiger charge is 2.16. The van der Waals surface area contributed by atoms with Crippen LogP contribution in [0.1, 0.15) is 7.77 Å². The van der Waals surface area contributed by atoms with Crippen LogP contribution in [-0.4, -0.2) is 33.5 Å². The van der Waals surface area contributed by atoms with Crippen LogP contribution in [0.3, 0.4) is 0 Å². The number of carboxylic acid groups (broad SMARTS) is 1. The van der Waals surface area contributed by atoms with Gasteiger partial charge in [-0.1, -0.05) is 0 Å². The van der Waals surface area contributed by atoms with Crippen LogP contribution < -0.4 is 5.73 Å². The van der Waals surface area contributed by atoms with Gasteiger partial charge in [-0.15, -0.1) is 0 Å². The van der Waals surface area contributed by atoms with E-state index in [1.807, 2.05) is 0 Å². The van der Waals surface area contributed by atoms with Gasteiger partial charge in [-0.2, -0.15) is 0 Å². The Labute approximate surface area is 69.8 Å². The average Bonchev–Trinajstić information content (AvgIpc) is 1.97. The molecule has 0 heterocycles. The number of hydrogen-bond donors (Lipinski definition) is 4. The highest BCUT2D eigenvalue weighted by atomic mass is 31.2. The lowest BCUT2D eigenvalue weighted by Gasteiger charge is -2.07. The highest BCUT2D eigenvalue weighted by molar-refractivity contribution is 7.46. The molecule has 2 atom stereocenters. The second-order valence-electron chi connectivity index (χ2n) is 1.89. The minimum absolute atomic E-state index is 0.724. The third-order valence-corrected chi connectivity index (χ3v) is 1.36. The predicted molar refractivity (Wildman–Crippen MR) is 38.2 cm³/mol. The largest absolute Gasteiger partial charge is 0.480 e. The van der Waals surface area contributed by atoms with E-state index in [-0.39, 0.29) is 0 Å². The third-order valence-electron chi connectivity index (χ3n) is 0.878. The number of hydrogen-bond acceptors (Lipinski definition) is 4. The Morgan fingerprint density at radius 3 is 2.58 bits per heavy atom. The molecule has 0 bridgehead atoms. The fourth-order valence-corrected chi connectivity index (χ4v) is 0.625. The Morgan fingerprint density at radius 2 is 2.25 bits per heavy atom. The Hall–Kier alpha value is -0.460. The summed E-state index contributed by atoms with van der Waals surface area (Å²) in [5.74, 6) is -1.42. The van der Waals surface area contributed by atoms with Crippen LogP contribution >= 0.6 is 7.82 Å². The van der Waals surface area contributed by atoms with Crippen LogP contribution in [0, 0.1) is 0 Å². The van der Waals surface area contributed by atoms with Gasteiger partial charge in [0.25, 0.3) is 0 Å². The molecule has 0 unspecified atom stereocenters. The molecule has 0 saturated heterocycles. The molecule has 0 spiro atoms. The monoisotopic (exact) mass is 200 g/mol. The van der Waals surface area contributed by atoms with Gasteiger partial charge in [0.05, 0.1) is 6.61 Å². The van der Waals surface area contributed by atoms with E-state index < -0.39 is 32.8 Å². The topological polar surface area (TPSA) is 130 Å². The number of nitrogens with two attached hydrogens (primary N) is 1. The van der Waals surface area contributed by atoms with Crippen molar-refractivity contribution >= 4 is 13.8 Å². The first-order valence-corrected chi connectivity index (χ1v) is 4.38. The molecule has 0 aromatic rings. The molecule has 5 N–H and O–H groups in total. The van der Waals surface area contributed by atoms with Gasteiger partial charge in [-0.3, -0.25) is 9.32 Å². The summed E-state index contributed by atoms with van der Waals surface area (Å²) in [6.07, 6.45) is -1.41. The lowest BCUT2D eigenvalue weighted by Crippen LogP contribution is -2.31. The number of carbonyl (C=O) groups is 1.